The molecular weight excluding hydrogens is 230 g/mol. The summed E-state index contributed by atoms with van der Waals surface area (Å²) in [7, 11) is -5.38. The Labute approximate surface area is 74.9 Å². The Morgan fingerprint density at radius 3 is 1.64 bits per heavy atom. The van der Waals surface area contributed by atoms with E-state index in [2.05, 4.69) is 4.98 Å². The highest BCUT2D eigenvalue weighted by molar-refractivity contribution is 7.85. The molecule has 14 heavy (non-hydrogen) atoms. The Morgan fingerprint density at radius 2 is 1.36 bits per heavy atom. The minimum atomic E-state index is -5.38. The first-order valence-electron chi connectivity index (χ1n) is 2.92. The number of hydrogen-bond acceptors (Lipinski definition) is 3. The zero-order chi connectivity index (χ0) is 11.1. The zero-order valence-corrected chi connectivity index (χ0v) is 6.95. The maximum atomic E-state index is 12.6. The van der Waals surface area contributed by atoms with Crippen LogP contribution >= 0.6 is 0 Å². The predicted octanol–water partition coefficient (Wildman–Crippen LogP) is 0.885. The Balaban J connectivity index is 3.74. The third-order valence-corrected chi connectivity index (χ3v) is 2.09. The summed E-state index contributed by atoms with van der Waals surface area (Å²) < 4.78 is 78.5. The van der Waals surface area contributed by atoms with Crippen molar-refractivity contribution in [1.29, 1.82) is 0 Å². The SMILES string of the molecule is O=S(=O)(O)c1c(F)c(F)nc(F)c1F. The van der Waals surface area contributed by atoms with Gasteiger partial charge >= 0.3 is 10.1 Å². The summed E-state index contributed by atoms with van der Waals surface area (Å²) in [5.41, 5.74) is 0. The second kappa shape index (κ2) is 3.17. The molecule has 0 atom stereocenters. The van der Waals surface area contributed by atoms with Gasteiger partial charge in [-0.3, -0.25) is 4.55 Å². The van der Waals surface area contributed by atoms with Crippen molar-refractivity contribution in [2.45, 2.75) is 4.90 Å². The van der Waals surface area contributed by atoms with Crippen LogP contribution in [0, 0.1) is 23.5 Å². The lowest BCUT2D eigenvalue weighted by molar-refractivity contribution is 0.370. The van der Waals surface area contributed by atoms with E-state index < -0.39 is 38.5 Å². The van der Waals surface area contributed by atoms with Crippen molar-refractivity contribution in [2.75, 3.05) is 0 Å². The quantitative estimate of drug-likeness (QED) is 0.442. The molecule has 1 aromatic rings. The van der Waals surface area contributed by atoms with Gasteiger partial charge in [0.25, 0.3) is 11.9 Å². The van der Waals surface area contributed by atoms with Crippen LogP contribution in [0.3, 0.4) is 0 Å². The predicted molar refractivity (Wildman–Crippen MR) is 33.9 cm³/mol. The molecule has 0 aliphatic carbocycles. The van der Waals surface area contributed by atoms with Crippen LogP contribution in [0.15, 0.2) is 4.90 Å². The molecule has 4 nitrogen and oxygen atoms in total. The Kier molecular flexibility index (Phi) is 2.46. The summed E-state index contributed by atoms with van der Waals surface area (Å²) >= 11 is 0. The van der Waals surface area contributed by atoms with Gasteiger partial charge in [-0.25, -0.2) is 8.78 Å². The van der Waals surface area contributed by atoms with Crippen molar-refractivity contribution in [1.82, 2.24) is 4.98 Å². The topological polar surface area (TPSA) is 67.3 Å². The lowest BCUT2D eigenvalue weighted by Gasteiger charge is -2.01. The minimum Gasteiger partial charge on any atom is -0.282 e. The molecule has 1 heterocycles. The van der Waals surface area contributed by atoms with Gasteiger partial charge < -0.3 is 0 Å². The molecule has 1 aromatic heterocycles. The van der Waals surface area contributed by atoms with Gasteiger partial charge in [0.05, 0.1) is 0 Å². The first-order chi connectivity index (χ1) is 6.25. The lowest BCUT2D eigenvalue weighted by atomic mass is 10.4. The molecule has 0 bridgehead atoms. The smallest absolute Gasteiger partial charge is 0.282 e. The van der Waals surface area contributed by atoms with E-state index in [9.17, 15) is 26.0 Å². The van der Waals surface area contributed by atoms with Gasteiger partial charge in [-0.2, -0.15) is 22.2 Å². The maximum absolute atomic E-state index is 12.6. The van der Waals surface area contributed by atoms with Gasteiger partial charge in [0.15, 0.2) is 4.90 Å². The van der Waals surface area contributed by atoms with Crippen molar-refractivity contribution in [3.05, 3.63) is 23.5 Å². The number of pyridine rings is 1. The van der Waals surface area contributed by atoms with E-state index in [4.69, 9.17) is 4.55 Å². The van der Waals surface area contributed by atoms with Crippen LogP contribution in [-0.2, 0) is 10.1 Å². The fourth-order valence-electron chi connectivity index (χ4n) is 0.695. The van der Waals surface area contributed by atoms with Crippen LogP contribution in [0.25, 0.3) is 0 Å². The molecule has 0 amide bonds. The average Bonchev–Trinajstić information content (AvgIpc) is 1.98. The van der Waals surface area contributed by atoms with Crippen molar-refractivity contribution in [3.8, 4) is 0 Å². The maximum Gasteiger partial charge on any atom is 0.300 e. The number of nitrogens with zero attached hydrogens (tertiary/aromatic N) is 1. The molecule has 0 fully saturated rings. The van der Waals surface area contributed by atoms with Gasteiger partial charge in [-0.05, 0) is 0 Å². The van der Waals surface area contributed by atoms with E-state index in [1.165, 1.54) is 0 Å². The summed E-state index contributed by atoms with van der Waals surface area (Å²) in [4.78, 5) is -0.00694. The first-order valence-corrected chi connectivity index (χ1v) is 4.36. The molecule has 0 aliphatic rings. The zero-order valence-electron chi connectivity index (χ0n) is 6.13. The largest absolute Gasteiger partial charge is 0.300 e. The van der Waals surface area contributed by atoms with Crippen molar-refractivity contribution in [2.24, 2.45) is 0 Å². The summed E-state index contributed by atoms with van der Waals surface area (Å²) in [6.07, 6.45) is 0. The van der Waals surface area contributed by atoms with Crippen molar-refractivity contribution in [3.63, 3.8) is 0 Å². The molecule has 0 aliphatic heterocycles. The molecule has 0 aromatic carbocycles. The summed E-state index contributed by atoms with van der Waals surface area (Å²) in [5, 5.41) is 0. The standard InChI is InChI=1S/C5HF4NO3S/c6-1-3(14(11,12)13)2(7)5(9)10-4(1)8/h(H,11,12,13). The molecule has 78 valence electrons. The van der Waals surface area contributed by atoms with Crippen molar-refractivity contribution >= 4 is 10.1 Å². The van der Waals surface area contributed by atoms with Gasteiger partial charge in [0, 0.05) is 0 Å². The van der Waals surface area contributed by atoms with Gasteiger partial charge in [0.1, 0.15) is 0 Å². The van der Waals surface area contributed by atoms with Gasteiger partial charge in [0.2, 0.25) is 11.6 Å². The Bertz CT molecular complexity index is 460. The minimum absolute atomic E-state index is 2.09. The third kappa shape index (κ3) is 1.68. The molecule has 0 spiro atoms. The number of rotatable bonds is 1. The molecule has 9 heteroatoms. The summed E-state index contributed by atoms with van der Waals surface area (Å²) in [6, 6.07) is 0. The first kappa shape index (κ1) is 10.9. The van der Waals surface area contributed by atoms with E-state index in [-0.39, 0.29) is 0 Å². The average molecular weight is 231 g/mol. The normalized spacial score (nSPS) is 11.8. The summed E-state index contributed by atoms with van der Waals surface area (Å²) in [6.45, 7) is 0. The van der Waals surface area contributed by atoms with Crippen LogP contribution in [0.2, 0.25) is 0 Å². The molecule has 1 rings (SSSR count). The van der Waals surface area contributed by atoms with E-state index in [0.29, 0.717) is 0 Å². The highest BCUT2D eigenvalue weighted by atomic mass is 32.2. The number of halogens is 4. The fraction of sp³-hybridized carbons (Fsp3) is 0. The van der Waals surface area contributed by atoms with E-state index in [1.807, 2.05) is 0 Å². The number of aromatic nitrogens is 1. The lowest BCUT2D eigenvalue weighted by Crippen LogP contribution is -2.11. The highest BCUT2D eigenvalue weighted by Gasteiger charge is 2.29. The van der Waals surface area contributed by atoms with Gasteiger partial charge in [-0.15, -0.1) is 0 Å². The van der Waals surface area contributed by atoms with Crippen LogP contribution in [0.5, 0.6) is 0 Å². The Morgan fingerprint density at radius 1 is 1.00 bits per heavy atom. The Hall–Kier alpha value is -1.22. The van der Waals surface area contributed by atoms with Crippen LogP contribution < -0.4 is 0 Å². The molecule has 0 saturated heterocycles. The third-order valence-electron chi connectivity index (χ3n) is 1.22. The summed E-state index contributed by atoms with van der Waals surface area (Å²) in [5.74, 6) is -8.86. The van der Waals surface area contributed by atoms with E-state index >= 15 is 0 Å². The highest BCUT2D eigenvalue weighted by Crippen LogP contribution is 2.20. The molecule has 0 radical (unpaired) electrons. The fourth-order valence-corrected chi connectivity index (χ4v) is 1.32. The number of hydrogen-bond donors (Lipinski definition) is 1. The molecule has 0 unspecified atom stereocenters. The van der Waals surface area contributed by atoms with Crippen LogP contribution in [0.4, 0.5) is 17.6 Å². The van der Waals surface area contributed by atoms with Crippen molar-refractivity contribution < 1.29 is 30.5 Å². The second-order valence-electron chi connectivity index (χ2n) is 2.13. The monoisotopic (exact) mass is 231 g/mol. The molecule has 0 saturated carbocycles. The van der Waals surface area contributed by atoms with Gasteiger partial charge in [-0.1, -0.05) is 0 Å². The van der Waals surface area contributed by atoms with Crippen LogP contribution in [0.1, 0.15) is 0 Å². The van der Waals surface area contributed by atoms with E-state index in [1.54, 1.807) is 0 Å². The van der Waals surface area contributed by atoms with E-state index in [0.717, 1.165) is 0 Å². The second-order valence-corrected chi connectivity index (χ2v) is 3.48. The molecular formula is C5HF4NO3S. The molecule has 1 N–H and O–H groups in total. The van der Waals surface area contributed by atoms with Crippen LogP contribution in [-0.4, -0.2) is 18.0 Å².